The second-order valence-corrected chi connectivity index (χ2v) is 4.99. The summed E-state index contributed by atoms with van der Waals surface area (Å²) in [7, 11) is 0. The van der Waals surface area contributed by atoms with Crippen LogP contribution in [0.5, 0.6) is 11.5 Å². The third-order valence-corrected chi connectivity index (χ3v) is 3.07. The lowest BCUT2D eigenvalue weighted by Gasteiger charge is -2.03. The molecule has 0 unspecified atom stereocenters. The highest BCUT2D eigenvalue weighted by Crippen LogP contribution is 2.22. The van der Waals surface area contributed by atoms with Crippen molar-refractivity contribution in [1.82, 2.24) is 0 Å². The molecule has 0 amide bonds. The van der Waals surface area contributed by atoms with Crippen molar-refractivity contribution in [2.75, 3.05) is 0 Å². The van der Waals surface area contributed by atoms with Crippen molar-refractivity contribution in [1.29, 1.82) is 0 Å². The van der Waals surface area contributed by atoms with Gasteiger partial charge >= 0.3 is 0 Å². The summed E-state index contributed by atoms with van der Waals surface area (Å²) in [5, 5.41) is 18.5. The average molecular weight is 258 g/mol. The molecule has 0 spiro atoms. The second-order valence-electron chi connectivity index (χ2n) is 4.99. The molecule has 2 heteroatoms. The predicted octanol–water partition coefficient (Wildman–Crippen LogP) is 4.33. The van der Waals surface area contributed by atoms with Gasteiger partial charge in [-0.2, -0.15) is 0 Å². The van der Waals surface area contributed by atoms with Crippen LogP contribution < -0.4 is 0 Å². The summed E-state index contributed by atoms with van der Waals surface area (Å²) in [6.45, 7) is 9.63. The van der Waals surface area contributed by atoms with Crippen molar-refractivity contribution in [3.63, 3.8) is 0 Å². The fraction of sp³-hybridized carbons (Fsp3) is 0.294. The molecular formula is C17H22O2. The van der Waals surface area contributed by atoms with Gasteiger partial charge in [0.05, 0.1) is 0 Å². The predicted molar refractivity (Wildman–Crippen MR) is 79.9 cm³/mol. The lowest BCUT2D eigenvalue weighted by atomic mass is 10.1. The smallest absolute Gasteiger partial charge is 0.121 e. The summed E-state index contributed by atoms with van der Waals surface area (Å²) in [6.07, 6.45) is 0. The molecule has 0 fully saturated rings. The zero-order valence-electron chi connectivity index (χ0n) is 12.3. The standard InChI is InChI=1S/C9H12O.C8H10O/c1-6-4-7(2)9(10)8(3)5-6;1-6-4-3-5-7(2)8(6)9/h4-5,10H,1-3H3;3-5,9H,1-2H3. The molecule has 102 valence electrons. The number of phenols is 2. The van der Waals surface area contributed by atoms with Gasteiger partial charge in [0.2, 0.25) is 0 Å². The SMILES string of the molecule is Cc1cc(C)c(O)c(C)c1.Cc1cccc(C)c1O. The molecule has 0 bridgehead atoms. The van der Waals surface area contributed by atoms with Crippen LogP contribution in [-0.2, 0) is 0 Å². The number of aryl methyl sites for hydroxylation is 5. The van der Waals surface area contributed by atoms with Gasteiger partial charge in [-0.05, 0) is 56.9 Å². The molecule has 0 aliphatic rings. The zero-order valence-corrected chi connectivity index (χ0v) is 12.3. The van der Waals surface area contributed by atoms with Crippen LogP contribution in [0, 0.1) is 34.6 Å². The molecule has 2 aromatic carbocycles. The van der Waals surface area contributed by atoms with Crippen LogP contribution in [0.2, 0.25) is 0 Å². The normalized spacial score (nSPS) is 9.74. The Labute approximate surface area is 115 Å². The van der Waals surface area contributed by atoms with Gasteiger partial charge in [-0.25, -0.2) is 0 Å². The summed E-state index contributed by atoms with van der Waals surface area (Å²) >= 11 is 0. The molecule has 0 saturated heterocycles. The lowest BCUT2D eigenvalue weighted by Crippen LogP contribution is -1.81. The molecule has 19 heavy (non-hydrogen) atoms. The second kappa shape index (κ2) is 6.28. The van der Waals surface area contributed by atoms with Crippen LogP contribution in [-0.4, -0.2) is 10.2 Å². The lowest BCUT2D eigenvalue weighted by molar-refractivity contribution is 0.466. The maximum Gasteiger partial charge on any atom is 0.121 e. The molecule has 0 heterocycles. The van der Waals surface area contributed by atoms with Crippen molar-refractivity contribution < 1.29 is 10.2 Å². The van der Waals surface area contributed by atoms with Crippen molar-refractivity contribution >= 4 is 0 Å². The minimum absolute atomic E-state index is 0.414. The van der Waals surface area contributed by atoms with E-state index < -0.39 is 0 Å². The highest BCUT2D eigenvalue weighted by Gasteiger charge is 1.99. The fourth-order valence-corrected chi connectivity index (χ4v) is 1.98. The first kappa shape index (κ1) is 15.1. The van der Waals surface area contributed by atoms with Gasteiger partial charge in [0, 0.05) is 0 Å². The Bertz CT molecular complexity index is 528. The Kier molecular flexibility index (Phi) is 4.99. The molecular weight excluding hydrogens is 236 g/mol. The summed E-state index contributed by atoms with van der Waals surface area (Å²) in [5.74, 6) is 0.836. The minimum atomic E-state index is 0.414. The Hall–Kier alpha value is -1.96. The molecule has 0 radical (unpaired) electrons. The van der Waals surface area contributed by atoms with E-state index in [0.717, 1.165) is 22.3 Å². The van der Waals surface area contributed by atoms with E-state index in [2.05, 4.69) is 0 Å². The molecule has 0 aromatic heterocycles. The van der Waals surface area contributed by atoms with Crippen molar-refractivity contribution in [3.05, 3.63) is 58.1 Å². The van der Waals surface area contributed by atoms with Gasteiger partial charge in [0.25, 0.3) is 0 Å². The monoisotopic (exact) mass is 258 g/mol. The Morgan fingerprint density at radius 3 is 1.37 bits per heavy atom. The number of phenolic OH excluding ortho intramolecular Hbond substituents is 2. The Morgan fingerprint density at radius 2 is 1.00 bits per heavy atom. The fourth-order valence-electron chi connectivity index (χ4n) is 1.98. The van der Waals surface area contributed by atoms with Gasteiger partial charge in [-0.15, -0.1) is 0 Å². The van der Waals surface area contributed by atoms with Gasteiger partial charge < -0.3 is 10.2 Å². The third kappa shape index (κ3) is 4.02. The molecule has 2 aromatic rings. The summed E-state index contributed by atoms with van der Waals surface area (Å²) < 4.78 is 0. The summed E-state index contributed by atoms with van der Waals surface area (Å²) in [5.41, 5.74) is 4.99. The van der Waals surface area contributed by atoms with Gasteiger partial charge in [0.15, 0.2) is 0 Å². The molecule has 2 N–H and O–H groups in total. The van der Waals surface area contributed by atoms with Crippen LogP contribution in [0.3, 0.4) is 0 Å². The number of para-hydroxylation sites is 1. The van der Waals surface area contributed by atoms with E-state index in [0.29, 0.717) is 11.5 Å². The largest absolute Gasteiger partial charge is 0.507 e. The summed E-state index contributed by atoms with van der Waals surface area (Å²) in [4.78, 5) is 0. The average Bonchev–Trinajstić information content (AvgIpc) is 2.33. The zero-order chi connectivity index (χ0) is 14.6. The van der Waals surface area contributed by atoms with Crippen molar-refractivity contribution in [3.8, 4) is 11.5 Å². The third-order valence-electron chi connectivity index (χ3n) is 3.07. The first-order valence-corrected chi connectivity index (χ1v) is 6.35. The van der Waals surface area contributed by atoms with E-state index in [-0.39, 0.29) is 0 Å². The van der Waals surface area contributed by atoms with Crippen molar-refractivity contribution in [2.24, 2.45) is 0 Å². The van der Waals surface area contributed by atoms with E-state index in [1.807, 2.05) is 65.0 Å². The van der Waals surface area contributed by atoms with E-state index in [1.54, 1.807) is 0 Å². The highest BCUT2D eigenvalue weighted by molar-refractivity contribution is 5.41. The molecule has 0 aliphatic carbocycles. The van der Waals surface area contributed by atoms with Gasteiger partial charge in [0.1, 0.15) is 11.5 Å². The molecule has 2 nitrogen and oxygen atoms in total. The number of rotatable bonds is 0. The number of hydrogen-bond donors (Lipinski definition) is 2. The maximum absolute atomic E-state index is 9.33. The van der Waals surface area contributed by atoms with E-state index >= 15 is 0 Å². The van der Waals surface area contributed by atoms with Gasteiger partial charge in [-0.1, -0.05) is 35.9 Å². The topological polar surface area (TPSA) is 40.5 Å². The van der Waals surface area contributed by atoms with E-state index in [4.69, 9.17) is 0 Å². The molecule has 2 rings (SSSR count). The van der Waals surface area contributed by atoms with Crippen LogP contribution >= 0.6 is 0 Å². The molecule has 0 atom stereocenters. The molecule has 0 aliphatic heterocycles. The Morgan fingerprint density at radius 1 is 0.632 bits per heavy atom. The van der Waals surface area contributed by atoms with E-state index in [9.17, 15) is 10.2 Å². The summed E-state index contributed by atoms with van der Waals surface area (Å²) in [6, 6.07) is 9.67. The van der Waals surface area contributed by atoms with Crippen LogP contribution in [0.4, 0.5) is 0 Å². The highest BCUT2D eigenvalue weighted by atomic mass is 16.3. The van der Waals surface area contributed by atoms with Gasteiger partial charge in [-0.3, -0.25) is 0 Å². The number of hydrogen-bond acceptors (Lipinski definition) is 2. The number of aromatic hydroxyl groups is 2. The molecule has 0 saturated carbocycles. The minimum Gasteiger partial charge on any atom is -0.507 e. The van der Waals surface area contributed by atoms with Crippen molar-refractivity contribution in [2.45, 2.75) is 34.6 Å². The van der Waals surface area contributed by atoms with E-state index in [1.165, 1.54) is 5.56 Å². The first-order chi connectivity index (χ1) is 8.82. The van der Waals surface area contributed by atoms with Crippen LogP contribution in [0.25, 0.3) is 0 Å². The van der Waals surface area contributed by atoms with Crippen LogP contribution in [0.15, 0.2) is 30.3 Å². The number of benzene rings is 2. The Balaban J connectivity index is 0.000000191. The quantitative estimate of drug-likeness (QED) is 0.738. The van der Waals surface area contributed by atoms with Crippen LogP contribution in [0.1, 0.15) is 27.8 Å². The first-order valence-electron chi connectivity index (χ1n) is 6.35. The maximum atomic E-state index is 9.33.